The zero-order valence-electron chi connectivity index (χ0n) is 23.8. The van der Waals surface area contributed by atoms with Gasteiger partial charge in [-0.3, -0.25) is 4.79 Å². The molecule has 0 spiro atoms. The second-order valence-corrected chi connectivity index (χ2v) is 10.3. The summed E-state index contributed by atoms with van der Waals surface area (Å²) in [6.07, 6.45) is -4.56. The van der Waals surface area contributed by atoms with E-state index in [1.54, 1.807) is 30.3 Å². The van der Waals surface area contributed by atoms with Crippen LogP contribution in [0.1, 0.15) is 46.6 Å². The first-order valence-corrected chi connectivity index (χ1v) is 13.0. The first kappa shape index (κ1) is 32.9. The fourth-order valence-corrected chi connectivity index (χ4v) is 3.46. The Morgan fingerprint density at radius 3 is 1.88 bits per heavy atom. The summed E-state index contributed by atoms with van der Waals surface area (Å²) in [7, 11) is 0. The van der Waals surface area contributed by atoms with Crippen LogP contribution in [-0.2, 0) is 25.4 Å². The fraction of sp³-hybridized carbons (Fsp3) is 0.448. The molecule has 41 heavy (non-hydrogen) atoms. The lowest BCUT2D eigenvalue weighted by Crippen LogP contribution is -2.52. The van der Waals surface area contributed by atoms with Crippen LogP contribution in [0.2, 0.25) is 0 Å². The van der Waals surface area contributed by atoms with Crippen molar-refractivity contribution in [3.63, 3.8) is 0 Å². The summed E-state index contributed by atoms with van der Waals surface area (Å²) in [5.74, 6) is -1.36. The molecule has 0 saturated carbocycles. The van der Waals surface area contributed by atoms with Crippen molar-refractivity contribution in [2.75, 3.05) is 13.2 Å². The van der Waals surface area contributed by atoms with Gasteiger partial charge in [0.2, 0.25) is 0 Å². The van der Waals surface area contributed by atoms with E-state index in [1.165, 1.54) is 25.1 Å². The van der Waals surface area contributed by atoms with Crippen molar-refractivity contribution in [3.05, 3.63) is 54.1 Å². The number of rotatable bonds is 13. The average Bonchev–Trinajstić information content (AvgIpc) is 2.88. The standard InChI is InChI=1S/C29H37NO11/c1-18(2)16-36-26(33)40-23-12-11-21(13-24(23)41-27(34)37-17-19(3)4)15-29(30,25(31)32)14-20(5)38-28(35)39-22-9-7-6-8-10-22/h6-13,18-20H,14-17,30H2,1-5H3,(H,31,32)/t20-,29?/m0/s1. The van der Waals surface area contributed by atoms with Gasteiger partial charge in [0.15, 0.2) is 11.5 Å². The lowest BCUT2D eigenvalue weighted by Gasteiger charge is -2.28. The zero-order valence-corrected chi connectivity index (χ0v) is 23.8. The van der Waals surface area contributed by atoms with E-state index in [1.807, 2.05) is 27.7 Å². The summed E-state index contributed by atoms with van der Waals surface area (Å²) in [5, 5.41) is 9.94. The zero-order chi connectivity index (χ0) is 30.6. The Morgan fingerprint density at radius 2 is 1.34 bits per heavy atom. The predicted molar refractivity (Wildman–Crippen MR) is 146 cm³/mol. The monoisotopic (exact) mass is 575 g/mol. The largest absolute Gasteiger partial charge is 0.514 e. The molecule has 0 aliphatic heterocycles. The summed E-state index contributed by atoms with van der Waals surface area (Å²) in [6, 6.07) is 12.3. The molecule has 2 atom stereocenters. The van der Waals surface area contributed by atoms with Crippen molar-refractivity contribution < 1.29 is 52.7 Å². The van der Waals surface area contributed by atoms with Gasteiger partial charge in [0.1, 0.15) is 17.4 Å². The molecule has 0 aliphatic rings. The molecule has 0 saturated heterocycles. The van der Waals surface area contributed by atoms with E-state index in [4.69, 9.17) is 34.2 Å². The molecule has 12 nitrogen and oxygen atoms in total. The fourth-order valence-electron chi connectivity index (χ4n) is 3.46. The molecule has 0 radical (unpaired) electrons. The van der Waals surface area contributed by atoms with Gasteiger partial charge in [0.05, 0.1) is 13.2 Å². The number of carbonyl (C=O) groups is 4. The SMILES string of the molecule is CC(C)COC(=O)Oc1ccc(CC(N)(C[C@H](C)OC(=O)Oc2ccccc2)C(=O)O)cc1OC(=O)OCC(C)C. The van der Waals surface area contributed by atoms with Gasteiger partial charge < -0.3 is 39.3 Å². The molecule has 2 aromatic carbocycles. The normalized spacial score (nSPS) is 13.1. The number of aliphatic carboxylic acids is 1. The van der Waals surface area contributed by atoms with Crippen LogP contribution in [0.15, 0.2) is 48.5 Å². The summed E-state index contributed by atoms with van der Waals surface area (Å²) in [4.78, 5) is 48.7. The predicted octanol–water partition coefficient (Wildman–Crippen LogP) is 5.35. The molecule has 0 heterocycles. The lowest BCUT2D eigenvalue weighted by molar-refractivity contribution is -0.144. The highest BCUT2D eigenvalue weighted by Crippen LogP contribution is 2.31. The van der Waals surface area contributed by atoms with E-state index < -0.39 is 36.1 Å². The Hall–Kier alpha value is -4.32. The first-order valence-electron chi connectivity index (χ1n) is 13.0. The Bertz CT molecular complexity index is 1180. The van der Waals surface area contributed by atoms with Gasteiger partial charge in [0, 0.05) is 12.8 Å². The first-order chi connectivity index (χ1) is 19.3. The summed E-state index contributed by atoms with van der Waals surface area (Å²) < 4.78 is 30.8. The molecule has 0 aliphatic carbocycles. The topological polar surface area (TPSA) is 170 Å². The van der Waals surface area contributed by atoms with Crippen molar-refractivity contribution in [1.29, 1.82) is 0 Å². The van der Waals surface area contributed by atoms with Crippen molar-refractivity contribution >= 4 is 24.4 Å². The molecule has 2 aromatic rings. The number of benzene rings is 2. The van der Waals surface area contributed by atoms with Crippen LogP contribution in [0.25, 0.3) is 0 Å². The number of carboxylic acid groups (broad SMARTS) is 1. The van der Waals surface area contributed by atoms with Gasteiger partial charge in [-0.2, -0.15) is 0 Å². The number of hydrogen-bond acceptors (Lipinski definition) is 11. The lowest BCUT2D eigenvalue weighted by atomic mass is 9.86. The van der Waals surface area contributed by atoms with Gasteiger partial charge >= 0.3 is 24.4 Å². The van der Waals surface area contributed by atoms with Crippen LogP contribution in [0.3, 0.4) is 0 Å². The number of para-hydroxylation sites is 1. The van der Waals surface area contributed by atoms with Crippen molar-refractivity contribution in [2.24, 2.45) is 17.6 Å². The average molecular weight is 576 g/mol. The number of hydrogen-bond donors (Lipinski definition) is 2. The van der Waals surface area contributed by atoms with Gasteiger partial charge in [0.25, 0.3) is 0 Å². The van der Waals surface area contributed by atoms with Crippen molar-refractivity contribution in [3.8, 4) is 17.2 Å². The van der Waals surface area contributed by atoms with Gasteiger partial charge in [-0.05, 0) is 48.6 Å². The molecule has 1 unspecified atom stereocenters. The number of carbonyl (C=O) groups excluding carboxylic acids is 3. The van der Waals surface area contributed by atoms with Gasteiger partial charge in [-0.15, -0.1) is 0 Å². The molecule has 12 heteroatoms. The maximum atomic E-state index is 12.3. The minimum absolute atomic E-state index is 0.0400. The molecule has 0 bridgehead atoms. The maximum Gasteiger partial charge on any atom is 0.514 e. The Labute approximate surface area is 238 Å². The summed E-state index contributed by atoms with van der Waals surface area (Å²) in [6.45, 7) is 9.05. The minimum atomic E-state index is -1.90. The molecule has 0 fully saturated rings. The number of carboxylic acids is 1. The number of ether oxygens (including phenoxy) is 6. The van der Waals surface area contributed by atoms with Crippen LogP contribution < -0.4 is 19.9 Å². The highest BCUT2D eigenvalue weighted by atomic mass is 16.7. The van der Waals surface area contributed by atoms with Crippen molar-refractivity contribution in [1.82, 2.24) is 0 Å². The number of nitrogens with two attached hydrogens (primary N) is 1. The van der Waals surface area contributed by atoms with Gasteiger partial charge in [-0.25, -0.2) is 14.4 Å². The Morgan fingerprint density at radius 1 is 0.780 bits per heavy atom. The smallest absolute Gasteiger partial charge is 0.480 e. The van der Waals surface area contributed by atoms with E-state index in [0.29, 0.717) is 5.56 Å². The quantitative estimate of drug-likeness (QED) is 0.179. The molecular formula is C29H37NO11. The van der Waals surface area contributed by atoms with Gasteiger partial charge in [-0.1, -0.05) is 52.0 Å². The molecule has 0 aromatic heterocycles. The van der Waals surface area contributed by atoms with E-state index in [-0.39, 0.29) is 55.1 Å². The van der Waals surface area contributed by atoms with Crippen molar-refractivity contribution in [2.45, 2.75) is 59.1 Å². The minimum Gasteiger partial charge on any atom is -0.480 e. The highest BCUT2D eigenvalue weighted by molar-refractivity contribution is 5.79. The third-order valence-corrected chi connectivity index (χ3v) is 5.30. The van der Waals surface area contributed by atoms with Crippen LogP contribution in [0.5, 0.6) is 17.2 Å². The molecule has 3 N–H and O–H groups in total. The van der Waals surface area contributed by atoms with E-state index >= 15 is 0 Å². The molecule has 224 valence electrons. The van der Waals surface area contributed by atoms with Crippen LogP contribution >= 0.6 is 0 Å². The Kier molecular flexibility index (Phi) is 12.4. The molecule has 0 amide bonds. The van der Waals surface area contributed by atoms with E-state index in [2.05, 4.69) is 0 Å². The maximum absolute atomic E-state index is 12.3. The Balaban J connectivity index is 2.20. The molecular weight excluding hydrogens is 538 g/mol. The summed E-state index contributed by atoms with van der Waals surface area (Å²) in [5.41, 5.74) is 4.67. The van der Waals surface area contributed by atoms with E-state index in [0.717, 1.165) is 0 Å². The van der Waals surface area contributed by atoms with Crippen LogP contribution in [-0.4, -0.2) is 54.4 Å². The summed E-state index contributed by atoms with van der Waals surface area (Å²) >= 11 is 0. The van der Waals surface area contributed by atoms with E-state index in [9.17, 15) is 24.3 Å². The van der Waals surface area contributed by atoms with Crippen LogP contribution in [0, 0.1) is 11.8 Å². The molecule has 2 rings (SSSR count). The third kappa shape index (κ3) is 11.8. The highest BCUT2D eigenvalue weighted by Gasteiger charge is 2.37. The van der Waals surface area contributed by atoms with Crippen LogP contribution in [0.4, 0.5) is 14.4 Å². The second kappa shape index (κ2) is 15.5. The second-order valence-electron chi connectivity index (χ2n) is 10.3. The third-order valence-electron chi connectivity index (χ3n) is 5.30.